The van der Waals surface area contributed by atoms with Crippen molar-refractivity contribution < 1.29 is 18.8 Å². The SMILES string of the molecule is CC[C@@H](C)NC(=O)[C@@H](C)N(Cc1ccc(F)cc1)C(=O)CCCN1C(=O)c2cccc3cccc1c23. The van der Waals surface area contributed by atoms with Crippen LogP contribution >= 0.6 is 0 Å². The number of halogens is 1. The van der Waals surface area contributed by atoms with Crippen LogP contribution in [0.1, 0.15) is 56.0 Å². The molecular formula is C29H32FN3O3. The number of hydrogen-bond donors (Lipinski definition) is 1. The Morgan fingerprint density at radius 2 is 1.72 bits per heavy atom. The molecule has 0 bridgehead atoms. The Morgan fingerprint density at radius 1 is 1.03 bits per heavy atom. The molecule has 0 unspecified atom stereocenters. The molecule has 2 atom stereocenters. The molecule has 36 heavy (non-hydrogen) atoms. The zero-order valence-corrected chi connectivity index (χ0v) is 21.0. The first-order valence-corrected chi connectivity index (χ1v) is 12.5. The second kappa shape index (κ2) is 10.9. The number of amides is 3. The first-order valence-electron chi connectivity index (χ1n) is 12.5. The summed E-state index contributed by atoms with van der Waals surface area (Å²) in [6.07, 6.45) is 1.41. The van der Waals surface area contributed by atoms with E-state index < -0.39 is 6.04 Å². The van der Waals surface area contributed by atoms with E-state index in [2.05, 4.69) is 5.32 Å². The molecule has 6 nitrogen and oxygen atoms in total. The van der Waals surface area contributed by atoms with Crippen molar-refractivity contribution in [1.82, 2.24) is 10.2 Å². The van der Waals surface area contributed by atoms with Gasteiger partial charge in [-0.05, 0) is 61.9 Å². The molecule has 0 fully saturated rings. The van der Waals surface area contributed by atoms with Crippen molar-refractivity contribution in [1.29, 1.82) is 0 Å². The first kappa shape index (κ1) is 25.4. The minimum absolute atomic E-state index is 0.00626. The number of carbonyl (C=O) groups excluding carboxylic acids is 3. The van der Waals surface area contributed by atoms with Crippen LogP contribution in [0.5, 0.6) is 0 Å². The molecule has 0 saturated carbocycles. The van der Waals surface area contributed by atoms with E-state index in [0.717, 1.165) is 28.4 Å². The highest BCUT2D eigenvalue weighted by Crippen LogP contribution is 2.37. The Bertz CT molecular complexity index is 1270. The van der Waals surface area contributed by atoms with Crippen LogP contribution in [0.25, 0.3) is 10.8 Å². The standard InChI is InChI=1S/C29H32FN3O3/c1-4-19(2)31-28(35)20(3)33(18-21-13-15-23(30)16-14-21)26(34)12-7-17-32-25-11-6-9-22-8-5-10-24(27(22)25)29(32)36/h5-6,8-11,13-16,19-20H,4,7,12,17-18H2,1-3H3,(H,31,35)/t19-,20-/m1/s1. The van der Waals surface area contributed by atoms with Crippen molar-refractivity contribution in [2.24, 2.45) is 0 Å². The average molecular weight is 490 g/mol. The normalized spacial score (nSPS) is 14.1. The summed E-state index contributed by atoms with van der Waals surface area (Å²) in [5.74, 6) is -0.825. The molecule has 3 aromatic carbocycles. The molecule has 3 amide bonds. The Labute approximate surface area is 211 Å². The van der Waals surface area contributed by atoms with Gasteiger partial charge < -0.3 is 15.1 Å². The van der Waals surface area contributed by atoms with Gasteiger partial charge in [-0.3, -0.25) is 14.4 Å². The van der Waals surface area contributed by atoms with Gasteiger partial charge in [0.15, 0.2) is 0 Å². The third kappa shape index (κ3) is 5.25. The maximum atomic E-state index is 13.4. The van der Waals surface area contributed by atoms with Gasteiger partial charge in [-0.1, -0.05) is 43.3 Å². The summed E-state index contributed by atoms with van der Waals surface area (Å²) in [7, 11) is 0. The lowest BCUT2D eigenvalue weighted by atomic mass is 10.1. The molecule has 0 radical (unpaired) electrons. The summed E-state index contributed by atoms with van der Waals surface area (Å²) in [6, 6.07) is 16.8. The van der Waals surface area contributed by atoms with Gasteiger partial charge in [0.1, 0.15) is 11.9 Å². The molecule has 0 saturated heterocycles. The summed E-state index contributed by atoms with van der Waals surface area (Å²) < 4.78 is 13.4. The molecule has 1 aliphatic rings. The third-order valence-corrected chi connectivity index (χ3v) is 6.86. The second-order valence-electron chi connectivity index (χ2n) is 9.38. The number of anilines is 1. The lowest BCUT2D eigenvalue weighted by Crippen LogP contribution is -2.49. The number of benzene rings is 3. The predicted molar refractivity (Wildman–Crippen MR) is 139 cm³/mol. The van der Waals surface area contributed by atoms with Crippen molar-refractivity contribution in [3.05, 3.63) is 77.6 Å². The van der Waals surface area contributed by atoms with Crippen LogP contribution in [-0.2, 0) is 16.1 Å². The fraction of sp³-hybridized carbons (Fsp3) is 0.345. The van der Waals surface area contributed by atoms with E-state index in [1.54, 1.807) is 24.0 Å². The molecule has 0 spiro atoms. The molecule has 0 aromatic heterocycles. The lowest BCUT2D eigenvalue weighted by molar-refractivity contribution is -0.140. The predicted octanol–water partition coefficient (Wildman–Crippen LogP) is 5.05. The van der Waals surface area contributed by atoms with E-state index in [9.17, 15) is 18.8 Å². The van der Waals surface area contributed by atoms with Gasteiger partial charge in [0.2, 0.25) is 11.8 Å². The number of rotatable bonds is 10. The van der Waals surface area contributed by atoms with Crippen LogP contribution in [0, 0.1) is 5.82 Å². The van der Waals surface area contributed by atoms with Crippen LogP contribution in [0.3, 0.4) is 0 Å². The Balaban J connectivity index is 1.46. The summed E-state index contributed by atoms with van der Waals surface area (Å²) in [4.78, 5) is 42.5. The zero-order valence-electron chi connectivity index (χ0n) is 21.0. The first-order chi connectivity index (χ1) is 17.3. The van der Waals surface area contributed by atoms with Gasteiger partial charge in [-0.15, -0.1) is 0 Å². The van der Waals surface area contributed by atoms with E-state index in [4.69, 9.17) is 0 Å². The maximum absolute atomic E-state index is 13.4. The molecule has 0 aliphatic carbocycles. The van der Waals surface area contributed by atoms with Crippen molar-refractivity contribution in [2.45, 2.75) is 58.7 Å². The third-order valence-electron chi connectivity index (χ3n) is 6.86. The Hall–Kier alpha value is -3.74. The smallest absolute Gasteiger partial charge is 0.258 e. The van der Waals surface area contributed by atoms with Gasteiger partial charge in [-0.25, -0.2) is 4.39 Å². The van der Waals surface area contributed by atoms with Crippen LogP contribution in [0.2, 0.25) is 0 Å². The average Bonchev–Trinajstić information content (AvgIpc) is 3.15. The van der Waals surface area contributed by atoms with E-state index in [-0.39, 0.29) is 42.5 Å². The Kier molecular flexibility index (Phi) is 7.67. The highest BCUT2D eigenvalue weighted by atomic mass is 19.1. The van der Waals surface area contributed by atoms with E-state index in [1.165, 1.54) is 17.0 Å². The minimum Gasteiger partial charge on any atom is -0.352 e. The van der Waals surface area contributed by atoms with Crippen LogP contribution in [0.4, 0.5) is 10.1 Å². The number of nitrogens with one attached hydrogen (secondary N) is 1. The number of nitrogens with zero attached hydrogens (tertiary/aromatic N) is 2. The Morgan fingerprint density at radius 3 is 2.42 bits per heavy atom. The summed E-state index contributed by atoms with van der Waals surface area (Å²) in [5.41, 5.74) is 2.29. The van der Waals surface area contributed by atoms with Gasteiger partial charge in [-0.2, -0.15) is 0 Å². The summed E-state index contributed by atoms with van der Waals surface area (Å²) in [6.45, 7) is 6.20. The molecule has 188 valence electrons. The minimum atomic E-state index is -0.692. The summed E-state index contributed by atoms with van der Waals surface area (Å²) >= 11 is 0. The van der Waals surface area contributed by atoms with E-state index >= 15 is 0 Å². The molecule has 3 aromatic rings. The topological polar surface area (TPSA) is 69.7 Å². The summed E-state index contributed by atoms with van der Waals surface area (Å²) in [5, 5.41) is 4.91. The molecular weight excluding hydrogens is 457 g/mol. The van der Waals surface area contributed by atoms with E-state index in [0.29, 0.717) is 18.5 Å². The molecule has 7 heteroatoms. The quantitative estimate of drug-likeness (QED) is 0.433. The second-order valence-corrected chi connectivity index (χ2v) is 9.38. The van der Waals surface area contributed by atoms with Crippen molar-refractivity contribution in [3.63, 3.8) is 0 Å². The highest BCUT2D eigenvalue weighted by Gasteiger charge is 2.30. The van der Waals surface area contributed by atoms with Crippen LogP contribution < -0.4 is 10.2 Å². The fourth-order valence-corrected chi connectivity index (χ4v) is 4.57. The van der Waals surface area contributed by atoms with Gasteiger partial charge >= 0.3 is 0 Å². The number of hydrogen-bond acceptors (Lipinski definition) is 3. The van der Waals surface area contributed by atoms with Gasteiger partial charge in [0, 0.05) is 36.5 Å². The number of carbonyl (C=O) groups is 3. The lowest BCUT2D eigenvalue weighted by Gasteiger charge is -2.30. The monoisotopic (exact) mass is 489 g/mol. The molecule has 1 aliphatic heterocycles. The highest BCUT2D eigenvalue weighted by molar-refractivity contribution is 6.25. The van der Waals surface area contributed by atoms with Crippen molar-refractivity contribution in [2.75, 3.05) is 11.4 Å². The van der Waals surface area contributed by atoms with Crippen LogP contribution in [-0.4, -0.2) is 41.2 Å². The molecule has 4 rings (SSSR count). The van der Waals surface area contributed by atoms with Gasteiger partial charge in [0.25, 0.3) is 5.91 Å². The maximum Gasteiger partial charge on any atom is 0.258 e. The van der Waals surface area contributed by atoms with Crippen molar-refractivity contribution in [3.8, 4) is 0 Å². The van der Waals surface area contributed by atoms with Gasteiger partial charge in [0.05, 0.1) is 5.69 Å². The fourth-order valence-electron chi connectivity index (χ4n) is 4.57. The van der Waals surface area contributed by atoms with Crippen LogP contribution in [0.15, 0.2) is 60.7 Å². The molecule has 1 N–H and O–H groups in total. The molecule has 1 heterocycles. The largest absolute Gasteiger partial charge is 0.352 e. The van der Waals surface area contributed by atoms with E-state index in [1.807, 2.05) is 50.2 Å². The van der Waals surface area contributed by atoms with Crippen molar-refractivity contribution >= 4 is 34.2 Å². The zero-order chi connectivity index (χ0) is 25.8.